The van der Waals surface area contributed by atoms with E-state index in [0.717, 1.165) is 11.4 Å². The molecule has 0 rings (SSSR count). The van der Waals surface area contributed by atoms with Crippen LogP contribution >= 0.6 is 19.8 Å². The number of carbonyl (C=O) groups excluding carboxylic acids is 1. The first-order chi connectivity index (χ1) is 3.81. The highest BCUT2D eigenvalue weighted by atomic mass is 32.7. The molecule has 0 bridgehead atoms. The summed E-state index contributed by atoms with van der Waals surface area (Å²) in [5.74, 6) is 4.91. The summed E-state index contributed by atoms with van der Waals surface area (Å²) in [6, 6.07) is 0. The number of carbonyl (C=O) groups is 1. The fourth-order valence-electron chi connectivity index (χ4n) is 0.233. The Labute approximate surface area is 54.7 Å². The van der Waals surface area contributed by atoms with Crippen molar-refractivity contribution in [1.82, 2.24) is 5.43 Å². The molecule has 0 spiro atoms. The van der Waals surface area contributed by atoms with E-state index in [1.807, 2.05) is 0 Å². The van der Waals surface area contributed by atoms with Gasteiger partial charge in [0.1, 0.15) is 0 Å². The van der Waals surface area contributed by atoms with Crippen molar-refractivity contribution >= 4 is 24.9 Å². The van der Waals surface area contributed by atoms with Gasteiger partial charge in [0, 0.05) is 13.0 Å². The summed E-state index contributed by atoms with van der Waals surface area (Å²) >= 11 is 1.15. The average molecular weight is 152 g/mol. The normalized spacial score (nSPS) is 9.25. The van der Waals surface area contributed by atoms with Crippen LogP contribution in [0.2, 0.25) is 0 Å². The van der Waals surface area contributed by atoms with Crippen molar-refractivity contribution in [3.63, 3.8) is 0 Å². The first-order valence-electron chi connectivity index (χ1n) is 2.14. The first-order valence-corrected chi connectivity index (χ1v) is 4.43. The van der Waals surface area contributed by atoms with Gasteiger partial charge in [-0.2, -0.15) is 0 Å². The molecule has 0 aliphatic heterocycles. The van der Waals surface area contributed by atoms with Crippen molar-refractivity contribution < 1.29 is 4.79 Å². The van der Waals surface area contributed by atoms with E-state index in [0.29, 0.717) is 13.0 Å². The van der Waals surface area contributed by atoms with Gasteiger partial charge >= 0.3 is 0 Å². The van der Waals surface area contributed by atoms with Crippen LogP contribution in [0.4, 0.5) is 0 Å². The second-order valence-corrected chi connectivity index (χ2v) is 2.59. The van der Waals surface area contributed by atoms with Crippen LogP contribution in [0.25, 0.3) is 0 Å². The van der Waals surface area contributed by atoms with E-state index in [1.165, 1.54) is 0 Å². The number of hydrazine groups is 1. The Morgan fingerprint density at radius 1 is 1.88 bits per heavy atom. The molecule has 8 heavy (non-hydrogen) atoms. The third-order valence-corrected chi connectivity index (χ3v) is 1.86. The summed E-state index contributed by atoms with van der Waals surface area (Å²) < 4.78 is 0. The van der Waals surface area contributed by atoms with Gasteiger partial charge in [0.25, 0.3) is 0 Å². The molecule has 0 aliphatic carbocycles. The van der Waals surface area contributed by atoms with Crippen molar-refractivity contribution in [3.8, 4) is 0 Å². The number of hydrogen-bond acceptors (Lipinski definition) is 4. The van der Waals surface area contributed by atoms with Crippen molar-refractivity contribution in [1.29, 1.82) is 0 Å². The van der Waals surface area contributed by atoms with Crippen LogP contribution < -0.4 is 11.3 Å². The fourth-order valence-corrected chi connectivity index (χ4v) is 0.807. The largest absolute Gasteiger partial charge is 0.287 e. The molecule has 5 heteroatoms. The highest BCUT2D eigenvalue weighted by molar-refractivity contribution is 8.52. The third kappa shape index (κ3) is 4.53. The maximum absolute atomic E-state index is 10.4. The molecular formula is C3H9N2OPS. The van der Waals surface area contributed by atoms with Crippen molar-refractivity contribution in [2.75, 3.05) is 6.54 Å². The molecule has 0 aromatic carbocycles. The van der Waals surface area contributed by atoms with Crippen LogP contribution in [0.15, 0.2) is 0 Å². The minimum atomic E-state index is 0.132. The Bertz CT molecular complexity index is 79.7. The minimum absolute atomic E-state index is 0.132. The summed E-state index contributed by atoms with van der Waals surface area (Å²) in [6.07, 6.45) is 0.491. The molecule has 0 saturated carbocycles. The first kappa shape index (κ1) is 8.37. The maximum Gasteiger partial charge on any atom is 0.193 e. The van der Waals surface area contributed by atoms with Crippen LogP contribution in [0.5, 0.6) is 0 Å². The Morgan fingerprint density at radius 2 is 2.50 bits per heavy atom. The number of rotatable bonds is 3. The van der Waals surface area contributed by atoms with Gasteiger partial charge < -0.3 is 0 Å². The van der Waals surface area contributed by atoms with E-state index < -0.39 is 0 Å². The second-order valence-electron chi connectivity index (χ2n) is 1.19. The molecule has 3 N–H and O–H groups in total. The lowest BCUT2D eigenvalue weighted by molar-refractivity contribution is -0.110. The predicted octanol–water partition coefficient (Wildman–Crippen LogP) is -0.110. The summed E-state index contributed by atoms with van der Waals surface area (Å²) in [5.41, 5.74) is 2.39. The summed E-state index contributed by atoms with van der Waals surface area (Å²) in [6.45, 7) is 0.556. The van der Waals surface area contributed by atoms with Crippen molar-refractivity contribution in [3.05, 3.63) is 0 Å². The lowest BCUT2D eigenvalue weighted by atomic mass is 10.5. The molecule has 0 aliphatic rings. The standard InChI is InChI=1S/C3H9N2OPS/c4-5-2-1-3(6)8-7/h5H,1-2,4,7H2. The van der Waals surface area contributed by atoms with Gasteiger partial charge in [0.05, 0.1) is 0 Å². The van der Waals surface area contributed by atoms with Gasteiger partial charge in [-0.05, 0) is 0 Å². The molecule has 0 heterocycles. The zero-order chi connectivity index (χ0) is 6.41. The SMILES string of the molecule is NNCCC(=O)SP. The smallest absolute Gasteiger partial charge is 0.193 e. The molecule has 1 atom stereocenters. The van der Waals surface area contributed by atoms with E-state index in [4.69, 9.17) is 5.84 Å². The van der Waals surface area contributed by atoms with Gasteiger partial charge in [-0.25, -0.2) is 0 Å². The van der Waals surface area contributed by atoms with Gasteiger partial charge in [-0.15, -0.1) is 0 Å². The molecule has 0 amide bonds. The predicted molar refractivity (Wildman–Crippen MR) is 39.1 cm³/mol. The monoisotopic (exact) mass is 152 g/mol. The average Bonchev–Trinajstić information content (AvgIpc) is 1.83. The third-order valence-electron chi connectivity index (χ3n) is 0.605. The lowest BCUT2D eigenvalue weighted by Crippen LogP contribution is -2.24. The summed E-state index contributed by atoms with van der Waals surface area (Å²) in [4.78, 5) is 10.4. The van der Waals surface area contributed by atoms with Crippen molar-refractivity contribution in [2.45, 2.75) is 6.42 Å². The minimum Gasteiger partial charge on any atom is -0.287 e. The maximum atomic E-state index is 10.4. The zero-order valence-corrected chi connectivity index (χ0v) is 6.36. The highest BCUT2D eigenvalue weighted by Crippen LogP contribution is 2.12. The molecule has 48 valence electrons. The van der Waals surface area contributed by atoms with Gasteiger partial charge in [0.2, 0.25) is 0 Å². The van der Waals surface area contributed by atoms with E-state index in [1.54, 1.807) is 0 Å². The Kier molecular flexibility index (Phi) is 5.76. The Morgan fingerprint density at radius 3 is 2.88 bits per heavy atom. The Balaban J connectivity index is 2.99. The summed E-state index contributed by atoms with van der Waals surface area (Å²) in [7, 11) is 2.29. The number of nitrogens with one attached hydrogen (secondary N) is 1. The highest BCUT2D eigenvalue weighted by Gasteiger charge is 1.94. The lowest BCUT2D eigenvalue weighted by Gasteiger charge is -1.92. The molecule has 1 unspecified atom stereocenters. The van der Waals surface area contributed by atoms with Crippen LogP contribution in [-0.2, 0) is 4.79 Å². The zero-order valence-electron chi connectivity index (χ0n) is 4.39. The quantitative estimate of drug-likeness (QED) is 0.336. The fraction of sp³-hybridized carbons (Fsp3) is 0.667. The molecule has 0 fully saturated rings. The van der Waals surface area contributed by atoms with Crippen LogP contribution in [0.1, 0.15) is 6.42 Å². The molecule has 3 nitrogen and oxygen atoms in total. The van der Waals surface area contributed by atoms with E-state index in [9.17, 15) is 4.79 Å². The van der Waals surface area contributed by atoms with Gasteiger partial charge in [-0.3, -0.25) is 16.1 Å². The van der Waals surface area contributed by atoms with Gasteiger partial charge in [0.15, 0.2) is 5.12 Å². The molecule has 0 saturated heterocycles. The Hall–Kier alpha value is 0.370. The van der Waals surface area contributed by atoms with Crippen LogP contribution in [0, 0.1) is 0 Å². The summed E-state index contributed by atoms with van der Waals surface area (Å²) in [5, 5.41) is 0.132. The van der Waals surface area contributed by atoms with Crippen LogP contribution in [0.3, 0.4) is 0 Å². The number of nitrogens with two attached hydrogens (primary N) is 1. The number of hydrogen-bond donors (Lipinski definition) is 2. The molecular weight excluding hydrogens is 143 g/mol. The van der Waals surface area contributed by atoms with Gasteiger partial charge in [-0.1, -0.05) is 19.8 Å². The molecule has 0 radical (unpaired) electrons. The van der Waals surface area contributed by atoms with Crippen LogP contribution in [-0.4, -0.2) is 11.7 Å². The van der Waals surface area contributed by atoms with E-state index in [-0.39, 0.29) is 5.12 Å². The molecule has 0 aromatic rings. The van der Waals surface area contributed by atoms with Crippen molar-refractivity contribution in [2.24, 2.45) is 5.84 Å². The topological polar surface area (TPSA) is 55.1 Å². The second kappa shape index (κ2) is 5.51. The molecule has 0 aromatic heterocycles. The van der Waals surface area contributed by atoms with E-state index in [2.05, 4.69) is 13.9 Å². The van der Waals surface area contributed by atoms with E-state index >= 15 is 0 Å².